The Balaban J connectivity index is 3.46. The molecule has 0 saturated carbocycles. The predicted molar refractivity (Wildman–Crippen MR) is 72.1 cm³/mol. The van der Waals surface area contributed by atoms with Crippen LogP contribution in [0.1, 0.15) is 59.3 Å². The predicted octanol–water partition coefficient (Wildman–Crippen LogP) is 3.32. The number of hydrogen-bond acceptors (Lipinski definition) is 3. The second-order valence-electron chi connectivity index (χ2n) is 4.27. The van der Waals surface area contributed by atoms with Crippen LogP contribution in [0, 0.1) is 0 Å². The quantitative estimate of drug-likeness (QED) is 0.345. The van der Waals surface area contributed by atoms with Gasteiger partial charge in [-0.05, 0) is 12.8 Å². The fourth-order valence-corrected chi connectivity index (χ4v) is 2.49. The summed E-state index contributed by atoms with van der Waals surface area (Å²) >= 11 is 2.03. The summed E-state index contributed by atoms with van der Waals surface area (Å²) in [7, 11) is 0. The SMILES string of the molecule is CCCCCCC(CSC(C)CC)NN. The van der Waals surface area contributed by atoms with E-state index < -0.39 is 0 Å². The van der Waals surface area contributed by atoms with Crippen LogP contribution < -0.4 is 11.3 Å². The summed E-state index contributed by atoms with van der Waals surface area (Å²) in [5.41, 5.74) is 2.94. The molecule has 0 amide bonds. The van der Waals surface area contributed by atoms with Crippen molar-refractivity contribution in [3.05, 3.63) is 0 Å². The van der Waals surface area contributed by atoms with E-state index >= 15 is 0 Å². The van der Waals surface area contributed by atoms with Gasteiger partial charge in [0, 0.05) is 17.0 Å². The maximum atomic E-state index is 5.55. The van der Waals surface area contributed by atoms with Crippen LogP contribution in [0.4, 0.5) is 0 Å². The number of hydrogen-bond donors (Lipinski definition) is 2. The Morgan fingerprint density at radius 2 is 1.93 bits per heavy atom. The van der Waals surface area contributed by atoms with Gasteiger partial charge in [-0.1, -0.05) is 46.5 Å². The number of nitrogens with two attached hydrogens (primary N) is 1. The normalized spacial score (nSPS) is 15.2. The van der Waals surface area contributed by atoms with E-state index in [0.717, 1.165) is 11.0 Å². The minimum Gasteiger partial charge on any atom is -0.271 e. The summed E-state index contributed by atoms with van der Waals surface area (Å²) in [6.45, 7) is 6.77. The van der Waals surface area contributed by atoms with Crippen molar-refractivity contribution in [1.29, 1.82) is 0 Å². The Morgan fingerprint density at radius 1 is 1.20 bits per heavy atom. The van der Waals surface area contributed by atoms with Gasteiger partial charge in [-0.2, -0.15) is 11.8 Å². The molecule has 15 heavy (non-hydrogen) atoms. The first-order valence-electron chi connectivity index (χ1n) is 6.32. The zero-order valence-corrected chi connectivity index (χ0v) is 11.4. The van der Waals surface area contributed by atoms with Crippen LogP contribution in [-0.4, -0.2) is 17.0 Å². The average Bonchev–Trinajstić information content (AvgIpc) is 2.27. The standard InChI is InChI=1S/C12H28N2S/c1-4-6-7-8-9-12(14-13)10-15-11(3)5-2/h11-12,14H,4-10,13H2,1-3H3. The van der Waals surface area contributed by atoms with E-state index in [1.807, 2.05) is 11.8 Å². The lowest BCUT2D eigenvalue weighted by atomic mass is 10.1. The lowest BCUT2D eigenvalue weighted by Crippen LogP contribution is -2.37. The first-order valence-corrected chi connectivity index (χ1v) is 7.37. The van der Waals surface area contributed by atoms with Crippen molar-refractivity contribution in [3.8, 4) is 0 Å². The highest BCUT2D eigenvalue weighted by Crippen LogP contribution is 2.16. The van der Waals surface area contributed by atoms with Crippen molar-refractivity contribution in [1.82, 2.24) is 5.43 Å². The maximum absolute atomic E-state index is 5.55. The van der Waals surface area contributed by atoms with Crippen molar-refractivity contribution in [2.24, 2.45) is 5.84 Å². The summed E-state index contributed by atoms with van der Waals surface area (Å²) in [4.78, 5) is 0. The second-order valence-corrected chi connectivity index (χ2v) is 5.74. The topological polar surface area (TPSA) is 38.0 Å². The van der Waals surface area contributed by atoms with Gasteiger partial charge in [-0.3, -0.25) is 11.3 Å². The Bertz CT molecular complexity index is 131. The largest absolute Gasteiger partial charge is 0.271 e. The third kappa shape index (κ3) is 9.21. The Morgan fingerprint density at radius 3 is 2.47 bits per heavy atom. The van der Waals surface area contributed by atoms with E-state index in [0.29, 0.717) is 6.04 Å². The highest BCUT2D eigenvalue weighted by atomic mass is 32.2. The van der Waals surface area contributed by atoms with Crippen molar-refractivity contribution >= 4 is 11.8 Å². The number of hydrazine groups is 1. The van der Waals surface area contributed by atoms with Gasteiger partial charge in [0.1, 0.15) is 0 Å². The van der Waals surface area contributed by atoms with Crippen molar-refractivity contribution in [3.63, 3.8) is 0 Å². The molecule has 0 saturated heterocycles. The summed E-state index contributed by atoms with van der Waals surface area (Å²) in [5, 5.41) is 0.761. The van der Waals surface area contributed by atoms with Crippen LogP contribution in [0.2, 0.25) is 0 Å². The van der Waals surface area contributed by atoms with E-state index in [1.165, 1.54) is 38.5 Å². The van der Waals surface area contributed by atoms with Gasteiger partial charge >= 0.3 is 0 Å². The van der Waals surface area contributed by atoms with Gasteiger partial charge in [0.25, 0.3) is 0 Å². The first-order chi connectivity index (χ1) is 7.24. The van der Waals surface area contributed by atoms with Crippen LogP contribution in [0.15, 0.2) is 0 Å². The zero-order valence-electron chi connectivity index (χ0n) is 10.6. The van der Waals surface area contributed by atoms with E-state index in [9.17, 15) is 0 Å². The molecule has 2 unspecified atom stereocenters. The van der Waals surface area contributed by atoms with Crippen LogP contribution in [-0.2, 0) is 0 Å². The summed E-state index contributed by atoms with van der Waals surface area (Å²) < 4.78 is 0. The maximum Gasteiger partial charge on any atom is 0.0301 e. The molecule has 0 aliphatic rings. The van der Waals surface area contributed by atoms with Gasteiger partial charge in [0.05, 0.1) is 0 Å². The van der Waals surface area contributed by atoms with Gasteiger partial charge in [0.15, 0.2) is 0 Å². The van der Waals surface area contributed by atoms with Gasteiger partial charge in [-0.15, -0.1) is 0 Å². The fourth-order valence-electron chi connectivity index (χ4n) is 1.43. The summed E-state index contributed by atoms with van der Waals surface area (Å²) in [6, 6.07) is 0.501. The minimum atomic E-state index is 0.501. The van der Waals surface area contributed by atoms with Crippen molar-refractivity contribution < 1.29 is 0 Å². The fraction of sp³-hybridized carbons (Fsp3) is 1.00. The molecule has 0 rings (SSSR count). The van der Waals surface area contributed by atoms with Crippen LogP contribution in [0.5, 0.6) is 0 Å². The highest BCUT2D eigenvalue weighted by molar-refractivity contribution is 7.99. The van der Waals surface area contributed by atoms with Gasteiger partial charge in [-0.25, -0.2) is 0 Å². The lowest BCUT2D eigenvalue weighted by molar-refractivity contribution is 0.500. The van der Waals surface area contributed by atoms with Crippen LogP contribution in [0.3, 0.4) is 0 Å². The zero-order chi connectivity index (χ0) is 11.5. The van der Waals surface area contributed by atoms with Crippen molar-refractivity contribution in [2.75, 3.05) is 5.75 Å². The highest BCUT2D eigenvalue weighted by Gasteiger charge is 2.08. The molecule has 3 heteroatoms. The molecule has 92 valence electrons. The van der Waals surface area contributed by atoms with Crippen LogP contribution >= 0.6 is 11.8 Å². The van der Waals surface area contributed by atoms with E-state index in [2.05, 4.69) is 26.2 Å². The minimum absolute atomic E-state index is 0.501. The molecule has 0 heterocycles. The average molecular weight is 232 g/mol. The lowest BCUT2D eigenvalue weighted by Gasteiger charge is -2.17. The number of rotatable bonds is 10. The molecular formula is C12H28N2S. The molecule has 2 atom stereocenters. The number of thioether (sulfide) groups is 1. The third-order valence-corrected chi connectivity index (χ3v) is 4.30. The Kier molecular flexibility index (Phi) is 11.0. The van der Waals surface area contributed by atoms with E-state index in [4.69, 9.17) is 5.84 Å². The monoisotopic (exact) mass is 232 g/mol. The molecule has 0 spiro atoms. The molecule has 0 aromatic heterocycles. The Hall–Kier alpha value is 0.270. The molecule has 0 aliphatic carbocycles. The second kappa shape index (κ2) is 10.8. The summed E-state index contributed by atoms with van der Waals surface area (Å²) in [6.07, 6.45) is 7.79. The first kappa shape index (κ1) is 15.3. The molecule has 0 aromatic carbocycles. The van der Waals surface area contributed by atoms with E-state index in [1.54, 1.807) is 0 Å². The van der Waals surface area contributed by atoms with Gasteiger partial charge in [0.2, 0.25) is 0 Å². The van der Waals surface area contributed by atoms with Crippen molar-refractivity contribution in [2.45, 2.75) is 70.6 Å². The van der Waals surface area contributed by atoms with Crippen LogP contribution in [0.25, 0.3) is 0 Å². The molecule has 3 N–H and O–H groups in total. The molecule has 0 fully saturated rings. The van der Waals surface area contributed by atoms with E-state index in [-0.39, 0.29) is 0 Å². The van der Waals surface area contributed by atoms with Gasteiger partial charge < -0.3 is 0 Å². The number of nitrogens with one attached hydrogen (secondary N) is 1. The number of unbranched alkanes of at least 4 members (excludes halogenated alkanes) is 3. The summed E-state index contributed by atoms with van der Waals surface area (Å²) in [5.74, 6) is 6.70. The molecule has 2 nitrogen and oxygen atoms in total. The molecule has 0 aromatic rings. The molecular weight excluding hydrogens is 204 g/mol. The smallest absolute Gasteiger partial charge is 0.0301 e. The molecule has 0 aliphatic heterocycles. The Labute approximate surface area is 99.7 Å². The molecule has 0 bridgehead atoms. The molecule has 0 radical (unpaired) electrons. The third-order valence-electron chi connectivity index (χ3n) is 2.80.